The molecule has 0 radical (unpaired) electrons. The van der Waals surface area contributed by atoms with Crippen LogP contribution in [0.25, 0.3) is 0 Å². The van der Waals surface area contributed by atoms with Crippen LogP contribution in [0.5, 0.6) is 0 Å². The molecular formula is C13H18BrNO3S. The number of sulfone groups is 1. The average Bonchev–Trinajstić information content (AvgIpc) is 2.56. The molecule has 1 aromatic carbocycles. The van der Waals surface area contributed by atoms with Crippen LogP contribution in [0.3, 0.4) is 0 Å². The summed E-state index contributed by atoms with van der Waals surface area (Å²) in [6, 6.07) is 4.82. The van der Waals surface area contributed by atoms with Gasteiger partial charge in [0.25, 0.3) is 0 Å². The summed E-state index contributed by atoms with van der Waals surface area (Å²) in [5.74, 6) is -0.0116. The molecule has 0 amide bonds. The summed E-state index contributed by atoms with van der Waals surface area (Å²) in [4.78, 5) is 0.184. The lowest BCUT2D eigenvalue weighted by molar-refractivity contribution is -0.00527. The molecule has 0 bridgehead atoms. The topological polar surface area (TPSA) is 69.4 Å². The molecule has 1 fully saturated rings. The van der Waals surface area contributed by atoms with Gasteiger partial charge in [0.1, 0.15) is 0 Å². The minimum absolute atomic E-state index is 0.0116. The fraction of sp³-hybridized carbons (Fsp3) is 0.538. The third-order valence-electron chi connectivity index (χ3n) is 3.27. The van der Waals surface area contributed by atoms with Crippen molar-refractivity contribution in [1.82, 2.24) is 0 Å². The minimum atomic E-state index is -3.41. The monoisotopic (exact) mass is 347 g/mol. The van der Waals surface area contributed by atoms with Crippen LogP contribution in [0, 0.1) is 0 Å². The van der Waals surface area contributed by atoms with Crippen LogP contribution in [0.15, 0.2) is 27.6 Å². The second-order valence-corrected chi connectivity index (χ2v) is 8.42. The van der Waals surface area contributed by atoms with E-state index >= 15 is 0 Å². The van der Waals surface area contributed by atoms with E-state index in [1.165, 1.54) is 6.07 Å². The summed E-state index contributed by atoms with van der Waals surface area (Å²) in [6.45, 7) is 3.96. The highest BCUT2D eigenvalue weighted by Crippen LogP contribution is 2.32. The van der Waals surface area contributed by atoms with Crippen molar-refractivity contribution in [2.75, 3.05) is 11.5 Å². The van der Waals surface area contributed by atoms with Crippen molar-refractivity contribution < 1.29 is 13.2 Å². The zero-order valence-corrected chi connectivity index (χ0v) is 13.4. The van der Waals surface area contributed by atoms with Crippen molar-refractivity contribution in [3.8, 4) is 0 Å². The maximum absolute atomic E-state index is 12.4. The van der Waals surface area contributed by atoms with Gasteiger partial charge in [-0.3, -0.25) is 0 Å². The third-order valence-corrected chi connectivity index (χ3v) is 5.61. The molecule has 1 saturated heterocycles. The Morgan fingerprint density at radius 2 is 2.16 bits per heavy atom. The Labute approximate surface area is 122 Å². The van der Waals surface area contributed by atoms with Crippen LogP contribution in [-0.2, 0) is 14.6 Å². The zero-order valence-electron chi connectivity index (χ0n) is 11.0. The predicted octanol–water partition coefficient (Wildman–Crippen LogP) is 2.76. The molecule has 0 spiro atoms. The molecule has 1 heterocycles. The number of halogens is 1. The van der Waals surface area contributed by atoms with E-state index in [4.69, 9.17) is 10.5 Å². The van der Waals surface area contributed by atoms with Crippen molar-refractivity contribution >= 4 is 31.5 Å². The molecule has 0 aromatic heterocycles. The van der Waals surface area contributed by atoms with Gasteiger partial charge in [-0.2, -0.15) is 0 Å². The van der Waals surface area contributed by atoms with E-state index in [0.29, 0.717) is 0 Å². The molecule has 2 N–H and O–H groups in total. The van der Waals surface area contributed by atoms with E-state index in [0.717, 1.165) is 17.3 Å². The first kappa shape index (κ1) is 14.8. The van der Waals surface area contributed by atoms with E-state index < -0.39 is 9.84 Å². The third kappa shape index (κ3) is 3.49. The first-order chi connectivity index (χ1) is 8.70. The van der Waals surface area contributed by atoms with Gasteiger partial charge in [-0.1, -0.05) is 15.9 Å². The van der Waals surface area contributed by atoms with E-state index in [2.05, 4.69) is 15.9 Å². The van der Waals surface area contributed by atoms with Gasteiger partial charge in [0.05, 0.1) is 28.0 Å². The molecule has 6 heteroatoms. The number of nitrogens with two attached hydrogens (primary N) is 1. The lowest BCUT2D eigenvalue weighted by Crippen LogP contribution is -2.25. The predicted molar refractivity (Wildman–Crippen MR) is 78.8 cm³/mol. The first-order valence-electron chi connectivity index (χ1n) is 6.15. The van der Waals surface area contributed by atoms with Crippen LogP contribution in [0.1, 0.15) is 26.7 Å². The highest BCUT2D eigenvalue weighted by Gasteiger charge is 2.35. The summed E-state index contributed by atoms with van der Waals surface area (Å²) in [6.07, 6.45) is 1.40. The van der Waals surface area contributed by atoms with Crippen molar-refractivity contribution in [2.45, 2.75) is 43.3 Å². The number of hydrogen-bond donors (Lipinski definition) is 1. The molecular weight excluding hydrogens is 330 g/mol. The molecule has 1 aliphatic heterocycles. The second kappa shape index (κ2) is 5.07. The molecule has 106 valence electrons. The van der Waals surface area contributed by atoms with Gasteiger partial charge in [-0.25, -0.2) is 8.42 Å². The van der Waals surface area contributed by atoms with Gasteiger partial charge >= 0.3 is 0 Å². The van der Waals surface area contributed by atoms with Gasteiger partial charge in [0, 0.05) is 4.47 Å². The van der Waals surface area contributed by atoms with E-state index in [-0.39, 0.29) is 28.0 Å². The summed E-state index contributed by atoms with van der Waals surface area (Å²) in [5, 5.41) is 0. The first-order valence-corrected chi connectivity index (χ1v) is 8.60. The van der Waals surface area contributed by atoms with Gasteiger partial charge in [0.15, 0.2) is 9.84 Å². The molecule has 1 aromatic rings. The molecule has 0 saturated carbocycles. The quantitative estimate of drug-likeness (QED) is 0.853. The van der Waals surface area contributed by atoms with Crippen LogP contribution in [0.2, 0.25) is 0 Å². The standard InChI is InChI=1S/C13H18BrNO3S/c1-13(2)6-5-10(18-13)8-19(16,17)12-4-3-9(14)7-11(12)15/h3-4,7,10H,5-6,8,15H2,1-2H3. The lowest BCUT2D eigenvalue weighted by atomic mass is 10.1. The van der Waals surface area contributed by atoms with E-state index in [1.807, 2.05) is 13.8 Å². The Balaban J connectivity index is 2.19. The van der Waals surface area contributed by atoms with Crippen LogP contribution < -0.4 is 5.73 Å². The Morgan fingerprint density at radius 3 is 2.68 bits per heavy atom. The number of ether oxygens (including phenoxy) is 1. The molecule has 1 unspecified atom stereocenters. The smallest absolute Gasteiger partial charge is 0.182 e. The summed E-state index contributed by atoms with van der Waals surface area (Å²) in [7, 11) is -3.41. The van der Waals surface area contributed by atoms with Crippen molar-refractivity contribution in [1.29, 1.82) is 0 Å². The zero-order chi connectivity index (χ0) is 14.3. The van der Waals surface area contributed by atoms with E-state index in [1.54, 1.807) is 12.1 Å². The molecule has 19 heavy (non-hydrogen) atoms. The molecule has 1 aliphatic rings. The Hall–Kier alpha value is -0.590. The van der Waals surface area contributed by atoms with Crippen LogP contribution in [0.4, 0.5) is 5.69 Å². The van der Waals surface area contributed by atoms with Gasteiger partial charge in [-0.05, 0) is 44.9 Å². The molecule has 2 rings (SSSR count). The maximum atomic E-state index is 12.4. The normalized spacial score (nSPS) is 22.6. The number of nitrogen functional groups attached to an aromatic ring is 1. The molecule has 1 atom stereocenters. The Bertz CT molecular complexity index is 584. The SMILES string of the molecule is CC1(C)CCC(CS(=O)(=O)c2ccc(Br)cc2N)O1. The second-order valence-electron chi connectivity index (χ2n) is 5.50. The summed E-state index contributed by atoms with van der Waals surface area (Å²) >= 11 is 3.27. The number of benzene rings is 1. The van der Waals surface area contributed by atoms with Crippen molar-refractivity contribution in [2.24, 2.45) is 0 Å². The van der Waals surface area contributed by atoms with Crippen molar-refractivity contribution in [3.63, 3.8) is 0 Å². The van der Waals surface area contributed by atoms with Gasteiger partial charge in [-0.15, -0.1) is 0 Å². The average molecular weight is 348 g/mol. The number of hydrogen-bond acceptors (Lipinski definition) is 4. The van der Waals surface area contributed by atoms with Gasteiger partial charge in [0.2, 0.25) is 0 Å². The fourth-order valence-corrected chi connectivity index (χ4v) is 4.31. The summed E-state index contributed by atoms with van der Waals surface area (Å²) < 4.78 is 31.2. The van der Waals surface area contributed by atoms with E-state index in [9.17, 15) is 8.42 Å². The Morgan fingerprint density at radius 1 is 1.47 bits per heavy atom. The highest BCUT2D eigenvalue weighted by molar-refractivity contribution is 9.10. The number of anilines is 1. The van der Waals surface area contributed by atoms with Crippen molar-refractivity contribution in [3.05, 3.63) is 22.7 Å². The highest BCUT2D eigenvalue weighted by atomic mass is 79.9. The largest absolute Gasteiger partial charge is 0.398 e. The van der Waals surface area contributed by atoms with Crippen LogP contribution in [-0.4, -0.2) is 25.9 Å². The van der Waals surface area contributed by atoms with Crippen LogP contribution >= 0.6 is 15.9 Å². The number of rotatable bonds is 3. The minimum Gasteiger partial charge on any atom is -0.398 e. The molecule has 4 nitrogen and oxygen atoms in total. The summed E-state index contributed by atoms with van der Waals surface area (Å²) in [5.41, 5.74) is 5.82. The van der Waals surface area contributed by atoms with Gasteiger partial charge < -0.3 is 10.5 Å². The molecule has 0 aliphatic carbocycles. The fourth-order valence-electron chi connectivity index (χ4n) is 2.33. The lowest BCUT2D eigenvalue weighted by Gasteiger charge is -2.19. The Kier molecular flexibility index (Phi) is 3.95. The maximum Gasteiger partial charge on any atom is 0.182 e.